The number of anilines is 3. The van der Waals surface area contributed by atoms with Crippen LogP contribution in [-0.4, -0.2) is 20.2 Å². The molecule has 0 aliphatic rings. The second-order valence-corrected chi connectivity index (χ2v) is 5.82. The molecule has 0 fully saturated rings. The summed E-state index contributed by atoms with van der Waals surface area (Å²) < 4.78 is 1.03. The zero-order valence-corrected chi connectivity index (χ0v) is 14.1. The molecule has 0 saturated heterocycles. The molecule has 1 aromatic carbocycles. The van der Waals surface area contributed by atoms with Gasteiger partial charge in [-0.05, 0) is 42.3 Å². The SMILES string of the molecule is Cc1ccc(Nc2nncc(NCc3ccncc3)n2)cc1Br. The lowest BCUT2D eigenvalue weighted by atomic mass is 10.2. The summed E-state index contributed by atoms with van der Waals surface area (Å²) in [6, 6.07) is 9.87. The lowest BCUT2D eigenvalue weighted by Gasteiger charge is -2.08. The van der Waals surface area contributed by atoms with Crippen molar-refractivity contribution in [3.05, 3.63) is 64.5 Å². The Hall–Kier alpha value is -2.54. The minimum absolute atomic E-state index is 0.445. The Morgan fingerprint density at radius 3 is 2.74 bits per heavy atom. The maximum atomic E-state index is 4.41. The molecule has 7 heteroatoms. The van der Waals surface area contributed by atoms with E-state index in [4.69, 9.17) is 0 Å². The van der Waals surface area contributed by atoms with E-state index in [0.29, 0.717) is 18.3 Å². The number of nitrogens with one attached hydrogen (secondary N) is 2. The molecule has 0 aliphatic heterocycles. The topological polar surface area (TPSA) is 75.6 Å². The summed E-state index contributed by atoms with van der Waals surface area (Å²) in [6.07, 6.45) is 5.12. The summed E-state index contributed by atoms with van der Waals surface area (Å²) in [6.45, 7) is 2.69. The Kier molecular flexibility index (Phi) is 4.77. The minimum atomic E-state index is 0.445. The summed E-state index contributed by atoms with van der Waals surface area (Å²) in [5.41, 5.74) is 3.19. The molecule has 23 heavy (non-hydrogen) atoms. The average Bonchev–Trinajstić information content (AvgIpc) is 2.58. The summed E-state index contributed by atoms with van der Waals surface area (Å²) in [7, 11) is 0. The molecule has 0 unspecified atom stereocenters. The molecule has 0 aliphatic carbocycles. The quantitative estimate of drug-likeness (QED) is 0.713. The third kappa shape index (κ3) is 4.23. The van der Waals surface area contributed by atoms with Gasteiger partial charge in [-0.3, -0.25) is 4.98 Å². The molecule has 0 bridgehead atoms. The van der Waals surface area contributed by atoms with Crippen LogP contribution >= 0.6 is 15.9 Å². The number of benzene rings is 1. The summed E-state index contributed by atoms with van der Waals surface area (Å²) in [5, 5.41) is 14.3. The van der Waals surface area contributed by atoms with Crippen LogP contribution in [0.25, 0.3) is 0 Å². The number of aryl methyl sites for hydroxylation is 1. The molecule has 2 N–H and O–H groups in total. The molecule has 116 valence electrons. The van der Waals surface area contributed by atoms with Crippen LogP contribution in [0.4, 0.5) is 17.5 Å². The Balaban J connectivity index is 1.68. The summed E-state index contributed by atoms with van der Waals surface area (Å²) >= 11 is 3.51. The van der Waals surface area contributed by atoms with Gasteiger partial charge in [0.05, 0.1) is 6.20 Å². The van der Waals surface area contributed by atoms with Crippen LogP contribution in [0.3, 0.4) is 0 Å². The molecule has 0 atom stereocenters. The maximum Gasteiger partial charge on any atom is 0.249 e. The van der Waals surface area contributed by atoms with E-state index in [-0.39, 0.29) is 0 Å². The third-order valence-electron chi connectivity index (χ3n) is 3.21. The number of hydrogen-bond acceptors (Lipinski definition) is 6. The van der Waals surface area contributed by atoms with Crippen LogP contribution < -0.4 is 10.6 Å². The van der Waals surface area contributed by atoms with Crippen molar-refractivity contribution in [1.29, 1.82) is 0 Å². The van der Waals surface area contributed by atoms with Crippen LogP contribution in [0.2, 0.25) is 0 Å². The number of nitrogens with zero attached hydrogens (tertiary/aromatic N) is 4. The van der Waals surface area contributed by atoms with Crippen LogP contribution in [0.5, 0.6) is 0 Å². The Morgan fingerprint density at radius 2 is 1.96 bits per heavy atom. The highest BCUT2D eigenvalue weighted by molar-refractivity contribution is 9.10. The summed E-state index contributed by atoms with van der Waals surface area (Å²) in [5.74, 6) is 1.10. The molecule has 0 radical (unpaired) electrons. The fourth-order valence-electron chi connectivity index (χ4n) is 1.93. The van der Waals surface area contributed by atoms with E-state index < -0.39 is 0 Å². The molecule has 0 amide bonds. The molecule has 0 saturated carbocycles. The highest BCUT2D eigenvalue weighted by Gasteiger charge is 2.03. The van der Waals surface area contributed by atoms with Gasteiger partial charge < -0.3 is 10.6 Å². The van der Waals surface area contributed by atoms with Gasteiger partial charge in [-0.25, -0.2) is 0 Å². The molecule has 0 spiro atoms. The van der Waals surface area contributed by atoms with Crippen LogP contribution in [0.1, 0.15) is 11.1 Å². The van der Waals surface area contributed by atoms with Gasteiger partial charge in [0.15, 0.2) is 5.82 Å². The zero-order valence-electron chi connectivity index (χ0n) is 12.5. The van der Waals surface area contributed by atoms with Gasteiger partial charge in [0.25, 0.3) is 0 Å². The molecule has 2 aromatic heterocycles. The van der Waals surface area contributed by atoms with Crippen molar-refractivity contribution in [2.24, 2.45) is 0 Å². The van der Waals surface area contributed by atoms with E-state index in [1.165, 1.54) is 5.56 Å². The van der Waals surface area contributed by atoms with Crippen molar-refractivity contribution in [3.63, 3.8) is 0 Å². The molecule has 3 rings (SSSR count). The van der Waals surface area contributed by atoms with E-state index in [2.05, 4.69) is 46.7 Å². The number of hydrogen-bond donors (Lipinski definition) is 2. The van der Waals surface area contributed by atoms with Gasteiger partial charge >= 0.3 is 0 Å². The normalized spacial score (nSPS) is 10.3. The predicted octanol–water partition coefficient (Wildman–Crippen LogP) is 3.69. The standard InChI is InChI=1S/C16H15BrN6/c1-11-2-3-13(8-14(11)17)21-16-22-15(10-20-23-16)19-9-12-4-6-18-7-5-12/h2-8,10H,9H2,1H3,(H2,19,21,22,23). The third-order valence-corrected chi connectivity index (χ3v) is 4.06. The lowest BCUT2D eigenvalue weighted by molar-refractivity contribution is 0.965. The first-order valence-corrected chi connectivity index (χ1v) is 7.86. The van der Waals surface area contributed by atoms with Crippen molar-refractivity contribution in [2.45, 2.75) is 13.5 Å². The van der Waals surface area contributed by atoms with Crippen molar-refractivity contribution < 1.29 is 0 Å². The molecule has 6 nitrogen and oxygen atoms in total. The largest absolute Gasteiger partial charge is 0.365 e. The maximum absolute atomic E-state index is 4.41. The minimum Gasteiger partial charge on any atom is -0.365 e. The Labute approximate surface area is 142 Å². The Bertz CT molecular complexity index is 794. The van der Waals surface area contributed by atoms with E-state index in [9.17, 15) is 0 Å². The van der Waals surface area contributed by atoms with Crippen LogP contribution in [0, 0.1) is 6.92 Å². The van der Waals surface area contributed by atoms with Gasteiger partial charge in [-0.2, -0.15) is 10.1 Å². The van der Waals surface area contributed by atoms with Gasteiger partial charge in [0, 0.05) is 29.1 Å². The van der Waals surface area contributed by atoms with Gasteiger partial charge in [-0.15, -0.1) is 5.10 Å². The second kappa shape index (κ2) is 7.15. The highest BCUT2D eigenvalue weighted by Crippen LogP contribution is 2.22. The van der Waals surface area contributed by atoms with E-state index >= 15 is 0 Å². The van der Waals surface area contributed by atoms with E-state index in [1.54, 1.807) is 18.6 Å². The lowest BCUT2D eigenvalue weighted by Crippen LogP contribution is -2.05. The van der Waals surface area contributed by atoms with E-state index in [0.717, 1.165) is 15.7 Å². The average molecular weight is 371 g/mol. The highest BCUT2D eigenvalue weighted by atomic mass is 79.9. The predicted molar refractivity (Wildman–Crippen MR) is 93.6 cm³/mol. The molecular weight excluding hydrogens is 356 g/mol. The fraction of sp³-hybridized carbons (Fsp3) is 0.125. The Morgan fingerprint density at radius 1 is 1.13 bits per heavy atom. The van der Waals surface area contributed by atoms with Crippen LogP contribution in [-0.2, 0) is 6.54 Å². The monoisotopic (exact) mass is 370 g/mol. The van der Waals surface area contributed by atoms with E-state index in [1.807, 2.05) is 37.3 Å². The number of rotatable bonds is 5. The van der Waals surface area contributed by atoms with Crippen molar-refractivity contribution in [2.75, 3.05) is 10.6 Å². The number of aromatic nitrogens is 4. The van der Waals surface area contributed by atoms with Gasteiger partial charge in [0.1, 0.15) is 0 Å². The fourth-order valence-corrected chi connectivity index (χ4v) is 2.31. The zero-order chi connectivity index (χ0) is 16.1. The first-order valence-electron chi connectivity index (χ1n) is 7.06. The van der Waals surface area contributed by atoms with Crippen molar-refractivity contribution in [1.82, 2.24) is 20.2 Å². The first kappa shape index (κ1) is 15.4. The van der Waals surface area contributed by atoms with Gasteiger partial charge in [0.2, 0.25) is 5.95 Å². The first-order chi connectivity index (χ1) is 11.2. The van der Waals surface area contributed by atoms with Crippen molar-refractivity contribution >= 4 is 33.4 Å². The van der Waals surface area contributed by atoms with Crippen molar-refractivity contribution in [3.8, 4) is 0 Å². The smallest absolute Gasteiger partial charge is 0.249 e. The molecular formula is C16H15BrN6. The number of pyridine rings is 1. The second-order valence-electron chi connectivity index (χ2n) is 4.96. The molecule has 3 aromatic rings. The number of halogens is 1. The molecule has 2 heterocycles. The van der Waals surface area contributed by atoms with Gasteiger partial charge in [-0.1, -0.05) is 22.0 Å². The van der Waals surface area contributed by atoms with Crippen LogP contribution in [0.15, 0.2) is 53.4 Å². The summed E-state index contributed by atoms with van der Waals surface area (Å²) in [4.78, 5) is 8.40.